The number of nitrogens with two attached hydrogens (primary N) is 1. The Balaban J connectivity index is 2.84. The van der Waals surface area contributed by atoms with Gasteiger partial charge in [0.25, 0.3) is 0 Å². The second-order valence-corrected chi connectivity index (χ2v) is 5.54. The minimum Gasteiger partial charge on any atom is -0.394 e. The summed E-state index contributed by atoms with van der Waals surface area (Å²) in [6, 6.07) is -0.00726. The Morgan fingerprint density at radius 1 is 1.56 bits per heavy atom. The molecule has 18 heavy (non-hydrogen) atoms. The summed E-state index contributed by atoms with van der Waals surface area (Å²) in [5.74, 6) is 6.71. The van der Waals surface area contributed by atoms with E-state index in [9.17, 15) is 5.11 Å². The molecule has 0 aromatic heterocycles. The van der Waals surface area contributed by atoms with Crippen molar-refractivity contribution in [3.63, 3.8) is 0 Å². The van der Waals surface area contributed by atoms with Crippen LogP contribution in [0.2, 0.25) is 0 Å². The largest absolute Gasteiger partial charge is 0.394 e. The van der Waals surface area contributed by atoms with Crippen LogP contribution in [0.1, 0.15) is 27.2 Å². The van der Waals surface area contributed by atoms with Crippen LogP contribution >= 0.6 is 0 Å². The van der Waals surface area contributed by atoms with Gasteiger partial charge in [0, 0.05) is 18.8 Å². The standard InChI is InChI=1S/C14H27N3O/c1-5-12(6-11(2)3)7-13-8-16(4)9-14(10-18)17(13)15/h5,7,11,14,18H,6,8-10,15H2,1-4H3/b12-5-,13-7-. The molecule has 4 heteroatoms. The number of aliphatic hydroxyl groups is 1. The second kappa shape index (κ2) is 6.92. The number of hydrogen-bond donors (Lipinski definition) is 2. The third-order valence-electron chi connectivity index (χ3n) is 3.26. The van der Waals surface area contributed by atoms with Gasteiger partial charge in [0.05, 0.1) is 12.6 Å². The lowest BCUT2D eigenvalue weighted by atomic mass is 10.0. The monoisotopic (exact) mass is 253 g/mol. The first kappa shape index (κ1) is 15.2. The van der Waals surface area contributed by atoms with Crippen molar-refractivity contribution in [1.29, 1.82) is 0 Å². The highest BCUT2D eigenvalue weighted by atomic mass is 16.3. The molecule has 1 fully saturated rings. The van der Waals surface area contributed by atoms with Gasteiger partial charge in [-0.3, -0.25) is 4.90 Å². The van der Waals surface area contributed by atoms with E-state index in [1.54, 1.807) is 5.01 Å². The highest BCUT2D eigenvalue weighted by Gasteiger charge is 2.25. The zero-order valence-corrected chi connectivity index (χ0v) is 12.1. The summed E-state index contributed by atoms with van der Waals surface area (Å²) in [4.78, 5) is 2.19. The SMILES string of the molecule is C/C=C(\C=C1\CN(C)CC(CO)N1N)CC(C)C. The molecule has 1 unspecified atom stereocenters. The highest BCUT2D eigenvalue weighted by Crippen LogP contribution is 2.19. The first-order valence-electron chi connectivity index (χ1n) is 6.67. The summed E-state index contributed by atoms with van der Waals surface area (Å²) >= 11 is 0. The van der Waals surface area contributed by atoms with Crippen LogP contribution in [-0.4, -0.2) is 47.8 Å². The molecule has 1 saturated heterocycles. The molecule has 0 aromatic rings. The molecule has 3 N–H and O–H groups in total. The van der Waals surface area contributed by atoms with Crippen molar-refractivity contribution in [3.05, 3.63) is 23.4 Å². The molecule has 0 spiro atoms. The maximum absolute atomic E-state index is 9.34. The lowest BCUT2D eigenvalue weighted by molar-refractivity contribution is 0.0847. The Kier molecular flexibility index (Phi) is 5.85. The topological polar surface area (TPSA) is 52.7 Å². The van der Waals surface area contributed by atoms with Crippen molar-refractivity contribution in [2.24, 2.45) is 11.8 Å². The number of rotatable bonds is 4. The number of hydrazine groups is 1. The first-order chi connectivity index (χ1) is 8.47. The average Bonchev–Trinajstić information content (AvgIpc) is 2.31. The van der Waals surface area contributed by atoms with E-state index in [-0.39, 0.29) is 12.6 Å². The Morgan fingerprint density at radius 3 is 2.72 bits per heavy atom. The summed E-state index contributed by atoms with van der Waals surface area (Å²) in [5.41, 5.74) is 2.39. The zero-order valence-electron chi connectivity index (χ0n) is 12.1. The normalized spacial score (nSPS) is 25.3. The van der Waals surface area contributed by atoms with Crippen LogP contribution in [-0.2, 0) is 0 Å². The third-order valence-corrected chi connectivity index (χ3v) is 3.26. The maximum Gasteiger partial charge on any atom is 0.0806 e. The van der Waals surface area contributed by atoms with Gasteiger partial charge in [0.15, 0.2) is 0 Å². The Hall–Kier alpha value is -0.840. The van der Waals surface area contributed by atoms with E-state index in [2.05, 4.69) is 44.9 Å². The number of likely N-dealkylation sites (N-methyl/N-ethyl adjacent to an activating group) is 1. The van der Waals surface area contributed by atoms with Crippen LogP contribution < -0.4 is 5.84 Å². The summed E-state index contributed by atoms with van der Waals surface area (Å²) in [6.07, 6.45) is 5.36. The highest BCUT2D eigenvalue weighted by molar-refractivity contribution is 5.24. The van der Waals surface area contributed by atoms with E-state index in [1.165, 1.54) is 5.57 Å². The van der Waals surface area contributed by atoms with Crippen LogP contribution in [0.25, 0.3) is 0 Å². The number of allylic oxidation sites excluding steroid dienone is 3. The Morgan fingerprint density at radius 2 is 2.22 bits per heavy atom. The third kappa shape index (κ3) is 4.12. The summed E-state index contributed by atoms with van der Waals surface area (Å²) in [6.45, 7) is 8.22. The van der Waals surface area contributed by atoms with Gasteiger partial charge in [-0.05, 0) is 32.4 Å². The quantitative estimate of drug-likeness (QED) is 0.743. The van der Waals surface area contributed by atoms with Gasteiger partial charge in [0.2, 0.25) is 0 Å². The van der Waals surface area contributed by atoms with Crippen molar-refractivity contribution in [2.75, 3.05) is 26.7 Å². The van der Waals surface area contributed by atoms with E-state index < -0.39 is 0 Å². The fourth-order valence-electron chi connectivity index (χ4n) is 2.32. The first-order valence-corrected chi connectivity index (χ1v) is 6.67. The van der Waals surface area contributed by atoms with Crippen LogP contribution in [0, 0.1) is 5.92 Å². The van der Waals surface area contributed by atoms with Gasteiger partial charge < -0.3 is 10.1 Å². The predicted octanol–water partition coefficient (Wildman–Crippen LogP) is 1.34. The van der Waals surface area contributed by atoms with Crippen molar-refractivity contribution < 1.29 is 5.11 Å². The number of aliphatic hydroxyl groups excluding tert-OH is 1. The molecule has 4 nitrogen and oxygen atoms in total. The van der Waals surface area contributed by atoms with E-state index in [0.717, 1.165) is 25.2 Å². The van der Waals surface area contributed by atoms with E-state index in [1.807, 2.05) is 0 Å². The Labute approximate surface area is 111 Å². The van der Waals surface area contributed by atoms with E-state index in [4.69, 9.17) is 5.84 Å². The van der Waals surface area contributed by atoms with E-state index in [0.29, 0.717) is 5.92 Å². The van der Waals surface area contributed by atoms with Crippen molar-refractivity contribution in [3.8, 4) is 0 Å². The Bertz CT molecular complexity index is 323. The van der Waals surface area contributed by atoms with Gasteiger partial charge >= 0.3 is 0 Å². The molecule has 1 rings (SSSR count). The lowest BCUT2D eigenvalue weighted by Crippen LogP contribution is -2.55. The zero-order chi connectivity index (χ0) is 13.7. The predicted molar refractivity (Wildman–Crippen MR) is 75.7 cm³/mol. The van der Waals surface area contributed by atoms with Gasteiger partial charge in [-0.25, -0.2) is 5.84 Å². The molecule has 0 amide bonds. The molecule has 1 heterocycles. The molecule has 0 radical (unpaired) electrons. The molecule has 0 bridgehead atoms. The van der Waals surface area contributed by atoms with Gasteiger partial charge in [-0.1, -0.05) is 25.5 Å². The second-order valence-electron chi connectivity index (χ2n) is 5.54. The molecule has 1 atom stereocenters. The van der Waals surface area contributed by atoms with Gasteiger partial charge in [-0.2, -0.15) is 0 Å². The minimum absolute atomic E-state index is 0.00726. The van der Waals surface area contributed by atoms with Crippen LogP contribution in [0.3, 0.4) is 0 Å². The summed E-state index contributed by atoms with van der Waals surface area (Å²) in [5, 5.41) is 11.1. The van der Waals surface area contributed by atoms with Crippen molar-refractivity contribution >= 4 is 0 Å². The van der Waals surface area contributed by atoms with Crippen LogP contribution in [0.4, 0.5) is 0 Å². The van der Waals surface area contributed by atoms with Crippen LogP contribution in [0.5, 0.6) is 0 Å². The smallest absolute Gasteiger partial charge is 0.0806 e. The molecule has 1 aliphatic rings. The molecular weight excluding hydrogens is 226 g/mol. The molecule has 0 saturated carbocycles. The minimum atomic E-state index is -0.00726. The summed E-state index contributed by atoms with van der Waals surface area (Å²) in [7, 11) is 2.06. The number of hydrogen-bond acceptors (Lipinski definition) is 4. The van der Waals surface area contributed by atoms with Crippen LogP contribution in [0.15, 0.2) is 23.4 Å². The summed E-state index contributed by atoms with van der Waals surface area (Å²) < 4.78 is 0. The molecule has 104 valence electrons. The molecule has 0 aliphatic carbocycles. The fourth-order valence-corrected chi connectivity index (χ4v) is 2.32. The fraction of sp³-hybridized carbons (Fsp3) is 0.714. The van der Waals surface area contributed by atoms with Crippen molar-refractivity contribution in [1.82, 2.24) is 9.91 Å². The van der Waals surface area contributed by atoms with Gasteiger partial charge in [-0.15, -0.1) is 0 Å². The molecule has 1 aliphatic heterocycles. The van der Waals surface area contributed by atoms with Crippen molar-refractivity contribution in [2.45, 2.75) is 33.2 Å². The molecular formula is C14H27N3O. The van der Waals surface area contributed by atoms with Gasteiger partial charge in [0.1, 0.15) is 0 Å². The number of nitrogens with zero attached hydrogens (tertiary/aromatic N) is 2. The lowest BCUT2D eigenvalue weighted by Gasteiger charge is -2.39. The van der Waals surface area contributed by atoms with E-state index >= 15 is 0 Å². The maximum atomic E-state index is 9.34. The molecule has 0 aromatic carbocycles. The number of piperazine rings is 1. The average molecular weight is 253 g/mol.